The number of aliphatic hydroxyl groups excluding tert-OH is 1. The van der Waals surface area contributed by atoms with E-state index >= 15 is 0 Å². The fraction of sp³-hybridized carbons (Fsp3) is 1.00. The van der Waals surface area contributed by atoms with Crippen LogP contribution < -0.4 is 0 Å². The van der Waals surface area contributed by atoms with Crippen molar-refractivity contribution < 1.29 is 13.5 Å². The molecule has 1 N–H and O–H groups in total. The van der Waals surface area contributed by atoms with Crippen molar-refractivity contribution in [1.82, 2.24) is 4.31 Å². The second-order valence-corrected chi connectivity index (χ2v) is 6.99. The van der Waals surface area contributed by atoms with E-state index in [-0.39, 0.29) is 10.7 Å². The van der Waals surface area contributed by atoms with Crippen molar-refractivity contribution in [2.45, 2.75) is 37.8 Å². The van der Waals surface area contributed by atoms with Crippen molar-refractivity contribution in [3.8, 4) is 0 Å². The van der Waals surface area contributed by atoms with E-state index in [1.165, 1.54) is 11.4 Å². The largest absolute Gasteiger partial charge is 0.391 e. The number of hydrogen-bond acceptors (Lipinski definition) is 3. The van der Waals surface area contributed by atoms with E-state index in [0.29, 0.717) is 6.42 Å². The Morgan fingerprint density at radius 2 is 2.00 bits per heavy atom. The predicted octanol–water partition coefficient (Wildman–Crippen LogP) is 0.904. The van der Waals surface area contributed by atoms with Crippen LogP contribution in [0, 0.1) is 0 Å². The van der Waals surface area contributed by atoms with Crippen molar-refractivity contribution in [3.05, 3.63) is 0 Å². The first-order valence-corrected chi connectivity index (χ1v) is 7.42. The maximum absolute atomic E-state index is 11.5. The monoisotopic (exact) mass is 285 g/mol. The highest BCUT2D eigenvalue weighted by Crippen LogP contribution is 2.24. The molecule has 0 spiro atoms. The Bertz CT molecular complexity index is 280. The van der Waals surface area contributed by atoms with Crippen LogP contribution in [0.2, 0.25) is 0 Å². The van der Waals surface area contributed by atoms with Crippen molar-refractivity contribution in [3.63, 3.8) is 0 Å². The fourth-order valence-corrected chi connectivity index (χ4v) is 3.58. The third-order valence-electron chi connectivity index (χ3n) is 2.74. The molecule has 2 unspecified atom stereocenters. The number of rotatable bonds is 3. The average Bonchev–Trinajstić information content (AvgIpc) is 2.17. The van der Waals surface area contributed by atoms with E-state index in [9.17, 15) is 13.5 Å². The molecule has 14 heavy (non-hydrogen) atoms. The lowest BCUT2D eigenvalue weighted by Crippen LogP contribution is -2.46. The van der Waals surface area contributed by atoms with E-state index in [4.69, 9.17) is 0 Å². The topological polar surface area (TPSA) is 57.6 Å². The summed E-state index contributed by atoms with van der Waals surface area (Å²) in [6, 6.07) is -0.244. The standard InChI is InChI=1S/C8H16BrNO3S/c1-10(14(12,13)6-9)7-4-2-3-5-8(7)11/h7-8,11H,2-6H2,1H3. The molecule has 0 aliphatic heterocycles. The summed E-state index contributed by atoms with van der Waals surface area (Å²) in [6.45, 7) is 0. The van der Waals surface area contributed by atoms with Gasteiger partial charge in [0, 0.05) is 7.05 Å². The summed E-state index contributed by atoms with van der Waals surface area (Å²) >= 11 is 2.95. The van der Waals surface area contributed by atoms with Gasteiger partial charge in [-0.3, -0.25) is 0 Å². The van der Waals surface area contributed by atoms with Gasteiger partial charge in [0.05, 0.1) is 12.1 Å². The fourth-order valence-electron chi connectivity index (χ4n) is 1.80. The van der Waals surface area contributed by atoms with Crippen LogP contribution in [0.25, 0.3) is 0 Å². The van der Waals surface area contributed by atoms with Crippen LogP contribution in [0.3, 0.4) is 0 Å². The van der Waals surface area contributed by atoms with Crippen LogP contribution >= 0.6 is 15.9 Å². The molecule has 1 saturated carbocycles. The van der Waals surface area contributed by atoms with Crippen molar-refractivity contribution in [2.75, 3.05) is 11.7 Å². The third kappa shape index (κ3) is 2.68. The molecule has 6 heteroatoms. The maximum Gasteiger partial charge on any atom is 0.224 e. The summed E-state index contributed by atoms with van der Waals surface area (Å²) in [5.41, 5.74) is 0. The molecule has 0 saturated heterocycles. The summed E-state index contributed by atoms with van der Waals surface area (Å²) in [5.74, 6) is 0. The van der Waals surface area contributed by atoms with Gasteiger partial charge in [0.2, 0.25) is 10.0 Å². The highest BCUT2D eigenvalue weighted by atomic mass is 79.9. The Morgan fingerprint density at radius 3 is 2.50 bits per heavy atom. The van der Waals surface area contributed by atoms with Crippen molar-refractivity contribution in [2.24, 2.45) is 0 Å². The van der Waals surface area contributed by atoms with Gasteiger partial charge in [0.25, 0.3) is 0 Å². The van der Waals surface area contributed by atoms with Crippen molar-refractivity contribution >= 4 is 26.0 Å². The zero-order valence-corrected chi connectivity index (χ0v) is 10.6. The van der Waals surface area contributed by atoms with E-state index in [0.717, 1.165) is 19.3 Å². The molecule has 1 aliphatic rings. The van der Waals surface area contributed by atoms with Crippen LogP contribution in [0.15, 0.2) is 0 Å². The first kappa shape index (κ1) is 12.4. The molecule has 0 heterocycles. The minimum absolute atomic E-state index is 0.0836. The van der Waals surface area contributed by atoms with Gasteiger partial charge in [-0.25, -0.2) is 8.42 Å². The zero-order chi connectivity index (χ0) is 10.8. The van der Waals surface area contributed by atoms with Crippen LogP contribution in [-0.4, -0.2) is 41.7 Å². The molecule has 0 aromatic rings. The third-order valence-corrected chi connectivity index (χ3v) is 5.90. The number of alkyl halides is 1. The Kier molecular flexibility index (Phi) is 4.36. The zero-order valence-electron chi connectivity index (χ0n) is 8.19. The molecule has 0 aromatic heterocycles. The van der Waals surface area contributed by atoms with Crippen LogP contribution in [-0.2, 0) is 10.0 Å². The molecule has 0 aromatic carbocycles. The molecule has 0 radical (unpaired) electrons. The minimum atomic E-state index is -3.24. The number of aliphatic hydroxyl groups is 1. The SMILES string of the molecule is CN(C1CCCCC1O)S(=O)(=O)CBr. The lowest BCUT2D eigenvalue weighted by molar-refractivity contribution is 0.0640. The number of sulfonamides is 1. The quantitative estimate of drug-likeness (QED) is 0.784. The van der Waals surface area contributed by atoms with E-state index in [1.807, 2.05) is 0 Å². The lowest BCUT2D eigenvalue weighted by Gasteiger charge is -2.33. The lowest BCUT2D eigenvalue weighted by atomic mass is 9.93. The smallest absolute Gasteiger partial charge is 0.224 e. The van der Waals surface area contributed by atoms with E-state index in [2.05, 4.69) is 15.9 Å². The highest BCUT2D eigenvalue weighted by Gasteiger charge is 2.32. The molecule has 4 nitrogen and oxygen atoms in total. The van der Waals surface area contributed by atoms with Gasteiger partial charge in [-0.1, -0.05) is 28.8 Å². The second kappa shape index (κ2) is 4.92. The van der Waals surface area contributed by atoms with Crippen LogP contribution in [0.1, 0.15) is 25.7 Å². The Balaban J connectivity index is 2.72. The van der Waals surface area contributed by atoms with Crippen LogP contribution in [0.5, 0.6) is 0 Å². The van der Waals surface area contributed by atoms with Gasteiger partial charge in [0.1, 0.15) is 4.66 Å². The summed E-state index contributed by atoms with van der Waals surface area (Å²) < 4.78 is 24.2. The van der Waals surface area contributed by atoms with E-state index in [1.54, 1.807) is 0 Å². The molecule has 84 valence electrons. The Morgan fingerprint density at radius 1 is 1.43 bits per heavy atom. The predicted molar refractivity (Wildman–Crippen MR) is 58.7 cm³/mol. The summed E-state index contributed by atoms with van der Waals surface area (Å²) in [6.07, 6.45) is 2.92. The summed E-state index contributed by atoms with van der Waals surface area (Å²) in [5, 5.41) is 9.68. The van der Waals surface area contributed by atoms with Gasteiger partial charge < -0.3 is 5.11 Å². The number of likely N-dealkylation sites (N-methyl/N-ethyl adjacent to an activating group) is 1. The minimum Gasteiger partial charge on any atom is -0.391 e. The van der Waals surface area contributed by atoms with Crippen molar-refractivity contribution in [1.29, 1.82) is 0 Å². The van der Waals surface area contributed by atoms with Crippen LogP contribution in [0.4, 0.5) is 0 Å². The first-order chi connectivity index (χ1) is 6.49. The van der Waals surface area contributed by atoms with E-state index < -0.39 is 16.1 Å². The number of nitrogens with zero attached hydrogens (tertiary/aromatic N) is 1. The molecule has 0 amide bonds. The van der Waals surface area contributed by atoms with Gasteiger partial charge in [-0.2, -0.15) is 4.31 Å². The van der Waals surface area contributed by atoms with Gasteiger partial charge in [-0.05, 0) is 12.8 Å². The Labute approximate surface area is 93.5 Å². The summed E-state index contributed by atoms with van der Waals surface area (Å²) in [7, 11) is -1.70. The second-order valence-electron chi connectivity index (χ2n) is 3.66. The first-order valence-electron chi connectivity index (χ1n) is 4.69. The number of halogens is 1. The summed E-state index contributed by atoms with van der Waals surface area (Å²) in [4.78, 5) is 0. The molecular weight excluding hydrogens is 270 g/mol. The molecule has 1 fully saturated rings. The molecule has 2 atom stereocenters. The normalized spacial score (nSPS) is 29.4. The number of hydrogen-bond donors (Lipinski definition) is 1. The molecule has 1 aliphatic carbocycles. The molecule has 1 rings (SSSR count). The van der Waals surface area contributed by atoms with Gasteiger partial charge in [0.15, 0.2) is 0 Å². The molecular formula is C8H16BrNO3S. The maximum atomic E-state index is 11.5. The van der Waals surface area contributed by atoms with Gasteiger partial charge in [-0.15, -0.1) is 0 Å². The highest BCUT2D eigenvalue weighted by molar-refractivity contribution is 9.10. The van der Waals surface area contributed by atoms with Gasteiger partial charge >= 0.3 is 0 Å². The molecule has 0 bridgehead atoms. The average molecular weight is 286 g/mol. The Hall–Kier alpha value is 0.350.